The fourth-order valence-electron chi connectivity index (χ4n) is 4.78. The monoisotopic (exact) mass is 355 g/mol. The minimum Gasteiger partial charge on any atom is -0.497 e. The Balaban J connectivity index is 1.46. The molecule has 5 heteroatoms. The number of piperidine rings is 2. The van der Waals surface area contributed by atoms with Crippen LogP contribution in [0.25, 0.3) is 10.9 Å². The van der Waals surface area contributed by atoms with Gasteiger partial charge in [0, 0.05) is 31.1 Å². The summed E-state index contributed by atoms with van der Waals surface area (Å²) in [5, 5.41) is 4.28. The van der Waals surface area contributed by atoms with Gasteiger partial charge in [0.05, 0.1) is 12.6 Å². The van der Waals surface area contributed by atoms with Crippen LogP contribution in [-0.2, 0) is 7.05 Å². The maximum Gasteiger partial charge on any atom is 0.267 e. The van der Waals surface area contributed by atoms with Crippen LogP contribution in [0.1, 0.15) is 42.6 Å². The quantitative estimate of drug-likeness (QED) is 0.916. The van der Waals surface area contributed by atoms with Gasteiger partial charge in [0.15, 0.2) is 0 Å². The van der Waals surface area contributed by atoms with Crippen molar-refractivity contribution in [3.63, 3.8) is 0 Å². The molecule has 2 aliphatic rings. The molecule has 26 heavy (non-hydrogen) atoms. The van der Waals surface area contributed by atoms with E-state index in [9.17, 15) is 4.79 Å². The first-order valence-electron chi connectivity index (χ1n) is 9.83. The van der Waals surface area contributed by atoms with Crippen LogP contribution in [0.3, 0.4) is 0 Å². The van der Waals surface area contributed by atoms with Gasteiger partial charge < -0.3 is 19.5 Å². The molecule has 3 heterocycles. The van der Waals surface area contributed by atoms with Crippen molar-refractivity contribution in [3.05, 3.63) is 30.0 Å². The van der Waals surface area contributed by atoms with E-state index in [1.165, 1.54) is 45.2 Å². The van der Waals surface area contributed by atoms with Crippen LogP contribution in [0.5, 0.6) is 5.75 Å². The topological polar surface area (TPSA) is 46.5 Å². The smallest absolute Gasteiger partial charge is 0.267 e. The summed E-state index contributed by atoms with van der Waals surface area (Å²) in [6, 6.07) is 8.55. The van der Waals surface area contributed by atoms with Crippen molar-refractivity contribution in [2.45, 2.75) is 38.1 Å². The number of aromatic nitrogens is 1. The number of benzene rings is 1. The number of hydrogen-bond acceptors (Lipinski definition) is 3. The Morgan fingerprint density at radius 3 is 2.88 bits per heavy atom. The first-order chi connectivity index (χ1) is 12.7. The molecule has 2 aromatic rings. The van der Waals surface area contributed by atoms with Crippen molar-refractivity contribution in [1.82, 2.24) is 14.8 Å². The number of methoxy groups -OCH3 is 1. The van der Waals surface area contributed by atoms with Crippen LogP contribution in [0.2, 0.25) is 0 Å². The molecule has 0 radical (unpaired) electrons. The van der Waals surface area contributed by atoms with Gasteiger partial charge in [-0.05, 0) is 62.9 Å². The molecule has 4 rings (SSSR count). The second-order valence-corrected chi connectivity index (χ2v) is 7.72. The lowest BCUT2D eigenvalue weighted by Crippen LogP contribution is -2.51. The first kappa shape index (κ1) is 17.4. The van der Waals surface area contributed by atoms with Gasteiger partial charge in [0.1, 0.15) is 11.4 Å². The number of nitrogens with zero attached hydrogens (tertiary/aromatic N) is 2. The van der Waals surface area contributed by atoms with Crippen LogP contribution in [0.15, 0.2) is 24.3 Å². The highest BCUT2D eigenvalue weighted by molar-refractivity contribution is 5.99. The Kier molecular flexibility index (Phi) is 4.90. The highest BCUT2D eigenvalue weighted by atomic mass is 16.5. The Labute approximate surface area is 155 Å². The molecule has 1 N–H and O–H groups in total. The summed E-state index contributed by atoms with van der Waals surface area (Å²) in [5.74, 6) is 1.42. The van der Waals surface area contributed by atoms with E-state index in [1.54, 1.807) is 7.11 Å². The standard InChI is InChI=1S/C21H29N3O2/c1-23-19-13-17(26-2)9-8-15(19)12-20(23)21(25)22-14-16-6-5-11-24-10-4-3-7-18(16)24/h8-9,12-13,16,18H,3-7,10-11,14H2,1-2H3,(H,22,25)/t16-,18+/m0/s1. The van der Waals surface area contributed by atoms with E-state index < -0.39 is 0 Å². The largest absolute Gasteiger partial charge is 0.497 e. The molecule has 0 saturated carbocycles. The number of carbonyl (C=O) groups is 1. The SMILES string of the molecule is COc1ccc2cc(C(=O)NC[C@@H]3CCCN4CCCC[C@H]34)n(C)c2c1. The molecule has 1 aromatic heterocycles. The third-order valence-electron chi connectivity index (χ3n) is 6.24. The van der Waals surface area contributed by atoms with E-state index in [4.69, 9.17) is 4.74 Å². The lowest BCUT2D eigenvalue weighted by atomic mass is 9.83. The normalized spacial score (nSPS) is 23.6. The van der Waals surface area contributed by atoms with E-state index in [1.807, 2.05) is 35.9 Å². The molecular weight excluding hydrogens is 326 g/mol. The third-order valence-corrected chi connectivity index (χ3v) is 6.24. The maximum atomic E-state index is 12.8. The van der Waals surface area contributed by atoms with Crippen molar-refractivity contribution in [3.8, 4) is 5.75 Å². The van der Waals surface area contributed by atoms with Crippen molar-refractivity contribution in [1.29, 1.82) is 0 Å². The van der Waals surface area contributed by atoms with Gasteiger partial charge in [-0.2, -0.15) is 0 Å². The number of fused-ring (bicyclic) bond motifs is 2. The summed E-state index contributed by atoms with van der Waals surface area (Å²) in [4.78, 5) is 15.5. The Bertz CT molecular complexity index is 796. The van der Waals surface area contributed by atoms with E-state index in [0.717, 1.165) is 23.2 Å². The van der Waals surface area contributed by atoms with Gasteiger partial charge in [-0.1, -0.05) is 6.42 Å². The van der Waals surface area contributed by atoms with E-state index in [2.05, 4.69) is 10.2 Å². The van der Waals surface area contributed by atoms with Gasteiger partial charge in [-0.15, -0.1) is 0 Å². The maximum absolute atomic E-state index is 12.8. The fraction of sp³-hybridized carbons (Fsp3) is 0.571. The predicted octanol–water partition coefficient (Wildman–Crippen LogP) is 3.18. The summed E-state index contributed by atoms with van der Waals surface area (Å²) in [5.41, 5.74) is 1.73. The van der Waals surface area contributed by atoms with E-state index >= 15 is 0 Å². The molecule has 140 valence electrons. The van der Waals surface area contributed by atoms with Crippen molar-refractivity contribution in [2.75, 3.05) is 26.7 Å². The molecular formula is C21H29N3O2. The number of carbonyl (C=O) groups excluding carboxylic acids is 1. The van der Waals surface area contributed by atoms with E-state index in [-0.39, 0.29) is 5.91 Å². The summed E-state index contributed by atoms with van der Waals surface area (Å²) in [6.07, 6.45) is 6.43. The summed E-state index contributed by atoms with van der Waals surface area (Å²) >= 11 is 0. The molecule has 1 amide bonds. The predicted molar refractivity (Wildman–Crippen MR) is 104 cm³/mol. The van der Waals surface area contributed by atoms with Crippen molar-refractivity contribution >= 4 is 16.8 Å². The molecule has 0 bridgehead atoms. The van der Waals surface area contributed by atoms with Gasteiger partial charge >= 0.3 is 0 Å². The lowest BCUT2D eigenvalue weighted by Gasteiger charge is -2.44. The van der Waals surface area contributed by atoms with Crippen LogP contribution < -0.4 is 10.1 Å². The minimum atomic E-state index is 0.0237. The second kappa shape index (κ2) is 7.31. The summed E-state index contributed by atoms with van der Waals surface area (Å²) in [7, 11) is 3.61. The highest BCUT2D eigenvalue weighted by Gasteiger charge is 2.33. The number of amides is 1. The average Bonchev–Trinajstić information content (AvgIpc) is 3.02. The zero-order chi connectivity index (χ0) is 18.1. The van der Waals surface area contributed by atoms with Crippen molar-refractivity contribution < 1.29 is 9.53 Å². The van der Waals surface area contributed by atoms with Gasteiger partial charge in [0.25, 0.3) is 5.91 Å². The van der Waals surface area contributed by atoms with E-state index in [0.29, 0.717) is 17.7 Å². The zero-order valence-electron chi connectivity index (χ0n) is 15.8. The molecule has 2 aliphatic heterocycles. The van der Waals surface area contributed by atoms with Crippen LogP contribution >= 0.6 is 0 Å². The van der Waals surface area contributed by atoms with Gasteiger partial charge in [-0.3, -0.25) is 4.79 Å². The number of ether oxygens (including phenoxy) is 1. The minimum absolute atomic E-state index is 0.0237. The number of hydrogen-bond donors (Lipinski definition) is 1. The van der Waals surface area contributed by atoms with Crippen molar-refractivity contribution in [2.24, 2.45) is 13.0 Å². The van der Waals surface area contributed by atoms with Gasteiger partial charge in [-0.25, -0.2) is 0 Å². The summed E-state index contributed by atoms with van der Waals surface area (Å²) < 4.78 is 7.26. The Morgan fingerprint density at radius 1 is 1.19 bits per heavy atom. The van der Waals surface area contributed by atoms with Gasteiger partial charge in [0.2, 0.25) is 0 Å². The van der Waals surface area contributed by atoms with Crippen LogP contribution in [0.4, 0.5) is 0 Å². The van der Waals surface area contributed by atoms with Crippen LogP contribution in [0, 0.1) is 5.92 Å². The summed E-state index contributed by atoms with van der Waals surface area (Å²) in [6.45, 7) is 3.26. The molecule has 1 aromatic carbocycles. The first-order valence-corrected chi connectivity index (χ1v) is 9.83. The molecule has 0 aliphatic carbocycles. The molecule has 5 nitrogen and oxygen atoms in total. The molecule has 2 atom stereocenters. The number of aryl methyl sites for hydroxylation is 1. The highest BCUT2D eigenvalue weighted by Crippen LogP contribution is 2.30. The Hall–Kier alpha value is -2.01. The Morgan fingerprint density at radius 2 is 2.04 bits per heavy atom. The zero-order valence-corrected chi connectivity index (χ0v) is 15.8. The fourth-order valence-corrected chi connectivity index (χ4v) is 4.78. The number of rotatable bonds is 4. The second-order valence-electron chi connectivity index (χ2n) is 7.72. The molecule has 0 unspecified atom stereocenters. The lowest BCUT2D eigenvalue weighted by molar-refractivity contribution is 0.0574. The third kappa shape index (κ3) is 3.20. The average molecular weight is 355 g/mol. The number of nitrogens with one attached hydrogen (secondary N) is 1. The van der Waals surface area contributed by atoms with Crippen LogP contribution in [-0.4, -0.2) is 48.2 Å². The molecule has 2 saturated heterocycles. The molecule has 2 fully saturated rings. The molecule has 0 spiro atoms.